The van der Waals surface area contributed by atoms with Gasteiger partial charge in [-0.3, -0.25) is 4.68 Å². The van der Waals surface area contributed by atoms with Crippen LogP contribution in [0.5, 0.6) is 0 Å². The second-order valence-corrected chi connectivity index (χ2v) is 3.86. The Balaban J connectivity index is 2.69. The van der Waals surface area contributed by atoms with Crippen molar-refractivity contribution in [2.24, 2.45) is 7.05 Å². The standard InChI is InChI=1S/C11H12ClN3/c1-7-10(11(13)14-15(7)2)8-5-3-4-6-9(8)12/h3-6H,1-2H3,(H2,13,14). The second-order valence-electron chi connectivity index (χ2n) is 3.45. The monoisotopic (exact) mass is 221 g/mol. The van der Waals surface area contributed by atoms with Crippen LogP contribution >= 0.6 is 11.6 Å². The van der Waals surface area contributed by atoms with Crippen LogP contribution in [0, 0.1) is 6.92 Å². The molecular weight excluding hydrogens is 210 g/mol. The van der Waals surface area contributed by atoms with E-state index in [0.717, 1.165) is 16.8 Å². The van der Waals surface area contributed by atoms with Crippen LogP contribution in [0.1, 0.15) is 5.69 Å². The molecule has 0 fully saturated rings. The summed E-state index contributed by atoms with van der Waals surface area (Å²) in [6.45, 7) is 1.97. The molecular formula is C11H12ClN3. The summed E-state index contributed by atoms with van der Waals surface area (Å²) in [5, 5.41) is 4.86. The molecule has 78 valence electrons. The average molecular weight is 222 g/mol. The van der Waals surface area contributed by atoms with Crippen molar-refractivity contribution in [3.63, 3.8) is 0 Å². The number of benzene rings is 1. The summed E-state index contributed by atoms with van der Waals surface area (Å²) in [6, 6.07) is 7.63. The fourth-order valence-electron chi connectivity index (χ4n) is 1.63. The van der Waals surface area contributed by atoms with E-state index >= 15 is 0 Å². The molecule has 0 spiro atoms. The molecule has 2 aromatic rings. The van der Waals surface area contributed by atoms with Crippen molar-refractivity contribution in [2.45, 2.75) is 6.92 Å². The van der Waals surface area contributed by atoms with Crippen LogP contribution in [0.25, 0.3) is 11.1 Å². The van der Waals surface area contributed by atoms with E-state index in [2.05, 4.69) is 5.10 Å². The Morgan fingerprint density at radius 3 is 2.53 bits per heavy atom. The van der Waals surface area contributed by atoms with Gasteiger partial charge in [-0.2, -0.15) is 5.10 Å². The SMILES string of the molecule is Cc1c(-c2ccccc2Cl)c(N)nn1C. The number of nitrogens with two attached hydrogens (primary N) is 1. The van der Waals surface area contributed by atoms with Gasteiger partial charge in [0.25, 0.3) is 0 Å². The predicted octanol–water partition coefficient (Wildman–Crippen LogP) is 2.63. The smallest absolute Gasteiger partial charge is 0.153 e. The lowest BCUT2D eigenvalue weighted by atomic mass is 10.1. The molecule has 0 aliphatic carbocycles. The third kappa shape index (κ3) is 1.59. The quantitative estimate of drug-likeness (QED) is 0.805. The number of nitrogens with zero attached hydrogens (tertiary/aromatic N) is 2. The number of hydrogen-bond donors (Lipinski definition) is 1. The largest absolute Gasteiger partial charge is 0.382 e. The van der Waals surface area contributed by atoms with Crippen LogP contribution in [-0.4, -0.2) is 9.78 Å². The van der Waals surface area contributed by atoms with Gasteiger partial charge in [-0.15, -0.1) is 0 Å². The fourth-order valence-corrected chi connectivity index (χ4v) is 1.86. The molecule has 2 rings (SSSR count). The van der Waals surface area contributed by atoms with Crippen molar-refractivity contribution in [1.29, 1.82) is 0 Å². The van der Waals surface area contributed by atoms with Gasteiger partial charge in [0, 0.05) is 28.9 Å². The summed E-state index contributed by atoms with van der Waals surface area (Å²) in [4.78, 5) is 0. The molecule has 0 bridgehead atoms. The highest BCUT2D eigenvalue weighted by atomic mass is 35.5. The van der Waals surface area contributed by atoms with Crippen LogP contribution < -0.4 is 5.73 Å². The van der Waals surface area contributed by atoms with Crippen LogP contribution in [-0.2, 0) is 7.05 Å². The van der Waals surface area contributed by atoms with Crippen LogP contribution in [0.15, 0.2) is 24.3 Å². The van der Waals surface area contributed by atoms with E-state index in [1.807, 2.05) is 38.2 Å². The topological polar surface area (TPSA) is 43.8 Å². The first-order valence-electron chi connectivity index (χ1n) is 4.65. The zero-order valence-electron chi connectivity index (χ0n) is 8.66. The molecule has 1 aromatic heterocycles. The van der Waals surface area contributed by atoms with Crippen molar-refractivity contribution in [2.75, 3.05) is 5.73 Å². The van der Waals surface area contributed by atoms with Crippen molar-refractivity contribution in [3.8, 4) is 11.1 Å². The van der Waals surface area contributed by atoms with Gasteiger partial charge in [0.1, 0.15) is 0 Å². The minimum absolute atomic E-state index is 0.517. The number of aryl methyl sites for hydroxylation is 1. The van der Waals surface area contributed by atoms with Gasteiger partial charge < -0.3 is 5.73 Å². The fraction of sp³-hybridized carbons (Fsp3) is 0.182. The first kappa shape index (κ1) is 10.1. The zero-order valence-corrected chi connectivity index (χ0v) is 9.42. The minimum Gasteiger partial charge on any atom is -0.382 e. The van der Waals surface area contributed by atoms with Gasteiger partial charge in [0.05, 0.1) is 0 Å². The number of aromatic nitrogens is 2. The normalized spacial score (nSPS) is 10.6. The molecule has 0 saturated carbocycles. The van der Waals surface area contributed by atoms with Gasteiger partial charge >= 0.3 is 0 Å². The lowest BCUT2D eigenvalue weighted by Crippen LogP contribution is -1.93. The third-order valence-corrected chi connectivity index (χ3v) is 2.83. The van der Waals surface area contributed by atoms with Crippen molar-refractivity contribution in [1.82, 2.24) is 9.78 Å². The highest BCUT2D eigenvalue weighted by molar-refractivity contribution is 6.33. The van der Waals surface area contributed by atoms with E-state index in [1.165, 1.54) is 0 Å². The average Bonchev–Trinajstić information content (AvgIpc) is 2.43. The number of nitrogen functional groups attached to an aromatic ring is 1. The Bertz CT molecular complexity index is 503. The van der Waals surface area contributed by atoms with Gasteiger partial charge in [-0.05, 0) is 13.0 Å². The summed E-state index contributed by atoms with van der Waals surface area (Å²) in [6.07, 6.45) is 0. The van der Waals surface area contributed by atoms with Gasteiger partial charge in [-0.25, -0.2) is 0 Å². The van der Waals surface area contributed by atoms with Crippen molar-refractivity contribution in [3.05, 3.63) is 35.0 Å². The second kappa shape index (κ2) is 3.59. The lowest BCUT2D eigenvalue weighted by Gasteiger charge is -2.03. The van der Waals surface area contributed by atoms with Crippen LogP contribution in [0.4, 0.5) is 5.82 Å². The molecule has 0 atom stereocenters. The van der Waals surface area contributed by atoms with Gasteiger partial charge in [-0.1, -0.05) is 29.8 Å². The maximum Gasteiger partial charge on any atom is 0.153 e. The molecule has 0 unspecified atom stereocenters. The Morgan fingerprint density at radius 1 is 1.33 bits per heavy atom. The maximum absolute atomic E-state index is 6.12. The van der Waals surface area contributed by atoms with E-state index in [0.29, 0.717) is 10.8 Å². The summed E-state index contributed by atoms with van der Waals surface area (Å²) in [5.41, 5.74) is 8.72. The molecule has 0 amide bonds. The Kier molecular flexibility index (Phi) is 2.40. The van der Waals surface area contributed by atoms with E-state index in [-0.39, 0.29) is 0 Å². The summed E-state index contributed by atoms with van der Waals surface area (Å²) < 4.78 is 1.76. The number of rotatable bonds is 1. The first-order chi connectivity index (χ1) is 7.11. The van der Waals surface area contributed by atoms with Crippen molar-refractivity contribution >= 4 is 17.4 Å². The van der Waals surface area contributed by atoms with Crippen molar-refractivity contribution < 1.29 is 0 Å². The molecule has 1 heterocycles. The van der Waals surface area contributed by atoms with Crippen LogP contribution in [0.3, 0.4) is 0 Å². The van der Waals surface area contributed by atoms with Crippen LogP contribution in [0.2, 0.25) is 5.02 Å². The Labute approximate surface area is 93.5 Å². The third-order valence-electron chi connectivity index (χ3n) is 2.50. The lowest BCUT2D eigenvalue weighted by molar-refractivity contribution is 0.744. The summed E-state index contributed by atoms with van der Waals surface area (Å²) >= 11 is 6.12. The molecule has 0 aliphatic heterocycles. The molecule has 0 saturated heterocycles. The highest BCUT2D eigenvalue weighted by Crippen LogP contribution is 2.33. The van der Waals surface area contributed by atoms with E-state index in [9.17, 15) is 0 Å². The number of anilines is 1. The molecule has 0 radical (unpaired) electrons. The Morgan fingerprint density at radius 2 is 2.00 bits per heavy atom. The molecule has 2 N–H and O–H groups in total. The predicted molar refractivity (Wildman–Crippen MR) is 62.8 cm³/mol. The highest BCUT2D eigenvalue weighted by Gasteiger charge is 2.14. The summed E-state index contributed by atoms with van der Waals surface area (Å²) in [5.74, 6) is 0.517. The first-order valence-corrected chi connectivity index (χ1v) is 5.03. The zero-order chi connectivity index (χ0) is 11.0. The molecule has 1 aromatic carbocycles. The number of halogens is 1. The minimum atomic E-state index is 0.517. The van der Waals surface area contributed by atoms with E-state index in [1.54, 1.807) is 4.68 Å². The Hall–Kier alpha value is -1.48. The molecule has 4 heteroatoms. The van der Waals surface area contributed by atoms with Gasteiger partial charge in [0.2, 0.25) is 0 Å². The van der Waals surface area contributed by atoms with Gasteiger partial charge in [0.15, 0.2) is 5.82 Å². The van der Waals surface area contributed by atoms with E-state index < -0.39 is 0 Å². The van der Waals surface area contributed by atoms with E-state index in [4.69, 9.17) is 17.3 Å². The number of hydrogen-bond acceptors (Lipinski definition) is 2. The molecule has 3 nitrogen and oxygen atoms in total. The molecule has 0 aliphatic rings. The molecule has 15 heavy (non-hydrogen) atoms. The summed E-state index contributed by atoms with van der Waals surface area (Å²) in [7, 11) is 1.87. The maximum atomic E-state index is 6.12.